The van der Waals surface area contributed by atoms with Gasteiger partial charge in [0.2, 0.25) is 11.7 Å². The van der Waals surface area contributed by atoms with Crippen LogP contribution in [0.2, 0.25) is 0 Å². The van der Waals surface area contributed by atoms with Crippen molar-refractivity contribution in [3.05, 3.63) is 106 Å². The fraction of sp³-hybridized carbons (Fsp3) is 0.250. The first-order chi connectivity index (χ1) is 17.3. The van der Waals surface area contributed by atoms with E-state index in [0.717, 1.165) is 33.9 Å². The minimum absolute atomic E-state index is 0.0578. The second kappa shape index (κ2) is 11.2. The minimum Gasteiger partial charge on any atom is -0.481 e. The lowest BCUT2D eigenvalue weighted by Crippen LogP contribution is -2.17. The first-order valence-electron chi connectivity index (χ1n) is 11.7. The zero-order valence-corrected chi connectivity index (χ0v) is 20.1. The third-order valence-electron chi connectivity index (χ3n) is 6.10. The number of aryl methyl sites for hydroxylation is 2. The topological polar surface area (TPSA) is 88.2 Å². The van der Waals surface area contributed by atoms with Crippen LogP contribution in [0.3, 0.4) is 0 Å². The SMILES string of the molecule is Cc1ccc(CC(c2cc(F)cc(F)c2)c2nc(-c3ccc(CNCCC(=O)O)cc3)no2)cc1C. The van der Waals surface area contributed by atoms with E-state index in [-0.39, 0.29) is 12.3 Å². The summed E-state index contributed by atoms with van der Waals surface area (Å²) in [4.78, 5) is 15.2. The lowest BCUT2D eigenvalue weighted by atomic mass is 9.90. The molecule has 2 N–H and O–H groups in total. The summed E-state index contributed by atoms with van der Waals surface area (Å²) in [6.45, 7) is 4.97. The molecule has 6 nitrogen and oxygen atoms in total. The van der Waals surface area contributed by atoms with Crippen molar-refractivity contribution < 1.29 is 23.2 Å². The molecule has 0 aliphatic carbocycles. The van der Waals surface area contributed by atoms with E-state index in [1.54, 1.807) is 0 Å². The first kappa shape index (κ1) is 25.2. The molecule has 4 rings (SSSR count). The Labute approximate surface area is 208 Å². The number of carboxylic acid groups (broad SMARTS) is 1. The van der Waals surface area contributed by atoms with Crippen LogP contribution >= 0.6 is 0 Å². The summed E-state index contributed by atoms with van der Waals surface area (Å²) in [7, 11) is 0. The average molecular weight is 492 g/mol. The number of carboxylic acids is 1. The molecule has 0 saturated carbocycles. The van der Waals surface area contributed by atoms with E-state index in [4.69, 9.17) is 9.63 Å². The molecule has 1 aromatic heterocycles. The van der Waals surface area contributed by atoms with Gasteiger partial charge in [0.15, 0.2) is 0 Å². The minimum atomic E-state index is -0.845. The number of benzene rings is 3. The van der Waals surface area contributed by atoms with Gasteiger partial charge in [-0.05, 0) is 60.2 Å². The molecule has 0 amide bonds. The smallest absolute Gasteiger partial charge is 0.304 e. The molecular weight excluding hydrogens is 464 g/mol. The molecule has 0 bridgehead atoms. The van der Waals surface area contributed by atoms with Crippen molar-refractivity contribution in [3.8, 4) is 11.4 Å². The van der Waals surface area contributed by atoms with Crippen molar-refractivity contribution in [2.75, 3.05) is 6.54 Å². The van der Waals surface area contributed by atoms with Gasteiger partial charge in [-0.2, -0.15) is 4.98 Å². The Morgan fingerprint density at radius 3 is 2.33 bits per heavy atom. The van der Waals surface area contributed by atoms with E-state index in [2.05, 4.69) is 21.5 Å². The van der Waals surface area contributed by atoms with Gasteiger partial charge in [0.25, 0.3) is 0 Å². The Hall–Kier alpha value is -3.91. The summed E-state index contributed by atoms with van der Waals surface area (Å²) in [5, 5.41) is 15.9. The molecule has 0 fully saturated rings. The Kier molecular flexibility index (Phi) is 7.85. The maximum atomic E-state index is 14.1. The Balaban J connectivity index is 1.57. The molecule has 186 valence electrons. The van der Waals surface area contributed by atoms with Crippen LogP contribution in [0, 0.1) is 25.5 Å². The van der Waals surface area contributed by atoms with Gasteiger partial charge in [0.1, 0.15) is 11.6 Å². The number of hydrogen-bond donors (Lipinski definition) is 2. The normalized spacial score (nSPS) is 12.0. The van der Waals surface area contributed by atoms with E-state index in [1.807, 2.05) is 50.2 Å². The van der Waals surface area contributed by atoms with Gasteiger partial charge in [0.05, 0.1) is 12.3 Å². The van der Waals surface area contributed by atoms with Gasteiger partial charge < -0.3 is 14.9 Å². The number of halogens is 2. The molecule has 1 atom stereocenters. The summed E-state index contributed by atoms with van der Waals surface area (Å²) >= 11 is 0. The molecule has 3 aromatic carbocycles. The molecule has 36 heavy (non-hydrogen) atoms. The Morgan fingerprint density at radius 2 is 1.67 bits per heavy atom. The van der Waals surface area contributed by atoms with Gasteiger partial charge >= 0.3 is 5.97 Å². The number of rotatable bonds is 10. The quantitative estimate of drug-likeness (QED) is 0.282. The number of nitrogens with one attached hydrogen (secondary N) is 1. The molecule has 1 heterocycles. The van der Waals surface area contributed by atoms with Crippen molar-refractivity contribution in [3.63, 3.8) is 0 Å². The van der Waals surface area contributed by atoms with E-state index in [0.29, 0.717) is 30.9 Å². The van der Waals surface area contributed by atoms with Gasteiger partial charge in [-0.15, -0.1) is 0 Å². The summed E-state index contributed by atoms with van der Waals surface area (Å²) in [5.41, 5.74) is 5.41. The Bertz CT molecular complexity index is 1330. The van der Waals surface area contributed by atoms with E-state index < -0.39 is 23.5 Å². The molecule has 0 aliphatic heterocycles. The zero-order chi connectivity index (χ0) is 25.7. The maximum absolute atomic E-state index is 14.1. The molecule has 0 aliphatic rings. The highest BCUT2D eigenvalue weighted by Gasteiger charge is 2.24. The van der Waals surface area contributed by atoms with Crippen LogP contribution in [0.5, 0.6) is 0 Å². The number of aromatic nitrogens is 2. The summed E-state index contributed by atoms with van der Waals surface area (Å²) in [5.74, 6) is -2.06. The fourth-order valence-corrected chi connectivity index (χ4v) is 3.98. The number of carbonyl (C=O) groups is 1. The highest BCUT2D eigenvalue weighted by molar-refractivity contribution is 5.66. The maximum Gasteiger partial charge on any atom is 0.304 e. The number of aliphatic carboxylic acids is 1. The zero-order valence-electron chi connectivity index (χ0n) is 20.1. The average Bonchev–Trinajstić information content (AvgIpc) is 3.32. The summed E-state index contributed by atoms with van der Waals surface area (Å²) < 4.78 is 33.8. The molecule has 0 radical (unpaired) electrons. The summed E-state index contributed by atoms with van der Waals surface area (Å²) in [6, 6.07) is 17.0. The lowest BCUT2D eigenvalue weighted by molar-refractivity contribution is -0.136. The third kappa shape index (κ3) is 6.40. The highest BCUT2D eigenvalue weighted by Crippen LogP contribution is 2.31. The van der Waals surface area contributed by atoms with Crippen LogP contribution < -0.4 is 5.32 Å². The van der Waals surface area contributed by atoms with Crippen LogP contribution in [-0.4, -0.2) is 27.8 Å². The predicted molar refractivity (Wildman–Crippen MR) is 132 cm³/mol. The second-order valence-electron chi connectivity index (χ2n) is 8.85. The molecule has 0 spiro atoms. The monoisotopic (exact) mass is 491 g/mol. The third-order valence-corrected chi connectivity index (χ3v) is 6.10. The summed E-state index contributed by atoms with van der Waals surface area (Å²) in [6.07, 6.45) is 0.495. The highest BCUT2D eigenvalue weighted by atomic mass is 19.1. The van der Waals surface area contributed by atoms with E-state index in [9.17, 15) is 13.6 Å². The molecule has 1 unspecified atom stereocenters. The van der Waals surface area contributed by atoms with Crippen LogP contribution in [0.15, 0.2) is 65.2 Å². The standard InChI is InChI=1S/C28H27F2N3O3/c1-17-3-4-20(11-18(17)2)12-25(22-13-23(29)15-24(30)14-22)28-32-27(33-36-28)21-7-5-19(6-8-21)16-31-10-9-26(34)35/h3-8,11,13-15,25,31H,9-10,12,16H2,1-2H3,(H,34,35). The number of nitrogens with zero attached hydrogens (tertiary/aromatic N) is 2. The van der Waals surface area contributed by atoms with E-state index in [1.165, 1.54) is 12.1 Å². The predicted octanol–water partition coefficient (Wildman–Crippen LogP) is 5.57. The van der Waals surface area contributed by atoms with Crippen molar-refractivity contribution in [2.45, 2.75) is 39.2 Å². The van der Waals surface area contributed by atoms with Crippen molar-refractivity contribution in [2.24, 2.45) is 0 Å². The van der Waals surface area contributed by atoms with Gasteiger partial charge in [-0.1, -0.05) is 47.6 Å². The van der Waals surface area contributed by atoms with Crippen LogP contribution in [0.25, 0.3) is 11.4 Å². The molecule has 4 aromatic rings. The fourth-order valence-electron chi connectivity index (χ4n) is 3.98. The van der Waals surface area contributed by atoms with Crippen molar-refractivity contribution in [1.82, 2.24) is 15.5 Å². The van der Waals surface area contributed by atoms with Gasteiger partial charge in [-0.3, -0.25) is 4.79 Å². The molecule has 8 heteroatoms. The van der Waals surface area contributed by atoms with Gasteiger partial charge in [0, 0.05) is 24.7 Å². The van der Waals surface area contributed by atoms with Gasteiger partial charge in [-0.25, -0.2) is 8.78 Å². The largest absolute Gasteiger partial charge is 0.481 e. The van der Waals surface area contributed by atoms with E-state index >= 15 is 0 Å². The molecule has 0 saturated heterocycles. The van der Waals surface area contributed by atoms with Crippen molar-refractivity contribution in [1.29, 1.82) is 0 Å². The second-order valence-corrected chi connectivity index (χ2v) is 8.85. The van der Waals surface area contributed by atoms with Crippen LogP contribution in [0.1, 0.15) is 46.0 Å². The number of hydrogen-bond acceptors (Lipinski definition) is 5. The van der Waals surface area contributed by atoms with Crippen molar-refractivity contribution >= 4 is 5.97 Å². The lowest BCUT2D eigenvalue weighted by Gasteiger charge is -2.15. The first-order valence-corrected chi connectivity index (χ1v) is 11.7. The Morgan fingerprint density at radius 1 is 0.972 bits per heavy atom. The van der Waals surface area contributed by atoms with Crippen LogP contribution in [0.4, 0.5) is 8.78 Å². The van der Waals surface area contributed by atoms with Crippen LogP contribution in [-0.2, 0) is 17.8 Å². The molecular formula is C28H27F2N3O3.